The van der Waals surface area contributed by atoms with Gasteiger partial charge in [-0.1, -0.05) is 98.9 Å². The zero-order valence-electron chi connectivity index (χ0n) is 42.3. The van der Waals surface area contributed by atoms with Crippen LogP contribution >= 0.6 is 0 Å². The number of rotatable bonds is 7. The van der Waals surface area contributed by atoms with Gasteiger partial charge in [-0.2, -0.15) is 0 Å². The van der Waals surface area contributed by atoms with Crippen molar-refractivity contribution in [1.82, 2.24) is 10.2 Å². The Hall–Kier alpha value is -3.48. The number of quaternary nitrogens is 1. The molecule has 0 aromatic heterocycles. The second-order valence-corrected chi connectivity index (χ2v) is 19.8. The third-order valence-corrected chi connectivity index (χ3v) is 13.2. The summed E-state index contributed by atoms with van der Waals surface area (Å²) in [6.07, 6.45) is 6.16. The lowest BCUT2D eigenvalue weighted by atomic mass is 9.82. The zero-order chi connectivity index (χ0) is 52.8. The van der Waals surface area contributed by atoms with Crippen molar-refractivity contribution in [2.24, 2.45) is 17.8 Å². The lowest BCUT2D eigenvalue weighted by Gasteiger charge is -2.45. The molecule has 404 valence electrons. The number of allylic oxidation sites excluding steroid dienone is 12. The molecule has 0 radical (unpaired) electrons. The number of carbonyl (C=O) groups is 2. The van der Waals surface area contributed by atoms with E-state index in [0.29, 0.717) is 13.0 Å². The number of cyclic esters (lactones) is 1. The topological polar surface area (TPSA) is 316 Å². The quantitative estimate of drug-likeness (QED) is 0.118. The number of amides is 1. The van der Waals surface area contributed by atoms with Gasteiger partial charge in [-0.15, -0.1) is 0 Å². The average Bonchev–Trinajstić information content (AvgIpc) is 3.28. The molecule has 0 aliphatic carbocycles. The predicted octanol–water partition coefficient (Wildman–Crippen LogP) is -0.0218. The van der Waals surface area contributed by atoms with Crippen molar-refractivity contribution in [3.8, 4) is 0 Å². The first-order chi connectivity index (χ1) is 33.5. The molecule has 0 aromatic carbocycles. The third kappa shape index (κ3) is 21.9. The molecule has 3 heterocycles. The summed E-state index contributed by atoms with van der Waals surface area (Å²) < 4.78 is 23.9. The van der Waals surface area contributed by atoms with Gasteiger partial charge in [0.25, 0.3) is 0 Å². The summed E-state index contributed by atoms with van der Waals surface area (Å²) in [6, 6.07) is -0.876. The highest BCUT2D eigenvalue weighted by Gasteiger charge is 2.51. The summed E-state index contributed by atoms with van der Waals surface area (Å²) in [5.74, 6) is -5.49. The number of hydrogen-bond acceptors (Lipinski definition) is 17. The van der Waals surface area contributed by atoms with Crippen LogP contribution in [0.15, 0.2) is 85.1 Å². The first-order valence-electron chi connectivity index (χ1n) is 25.0. The number of esters is 1. The number of nitrogens with one attached hydrogen (secondary N) is 1. The van der Waals surface area contributed by atoms with Crippen LogP contribution in [0.2, 0.25) is 0 Å². The van der Waals surface area contributed by atoms with Crippen LogP contribution in [-0.2, 0) is 28.5 Å². The van der Waals surface area contributed by atoms with Crippen molar-refractivity contribution in [2.45, 2.75) is 183 Å². The molecule has 71 heavy (non-hydrogen) atoms. The number of aliphatic hydroxyl groups excluding tert-OH is 9. The van der Waals surface area contributed by atoms with Crippen molar-refractivity contribution >= 4 is 11.9 Å². The summed E-state index contributed by atoms with van der Waals surface area (Å²) in [6.45, 7) is 7.81. The van der Waals surface area contributed by atoms with E-state index in [2.05, 4.69) is 11.1 Å². The molecule has 2 bridgehead atoms. The minimum Gasteiger partial charge on any atom is -0.462 e. The number of carbonyl (C=O) groups excluding carboxylic acids is 2. The van der Waals surface area contributed by atoms with Gasteiger partial charge in [-0.25, -0.2) is 0 Å². The van der Waals surface area contributed by atoms with Gasteiger partial charge in [0, 0.05) is 44.1 Å². The molecule has 0 saturated carbocycles. The van der Waals surface area contributed by atoms with Gasteiger partial charge < -0.3 is 86.0 Å². The SMILES string of the molecule is C[C@@H]1[C@H](O)[C@@H](C)\C=C/C=C\C=C/C=C\C=C/C=C\C=C/[C@H](O[C@@H]2O[C@H](C)[C@@H](O)[C@H]([NH3+])[C@@H]2O)C[C@@H]2O[C@](O)(C[C@@H](O)C[C@@H](O)[C@H](O)CC[C@@H](O)C[C@@H](O)CC(=O)O[C@H]1C)C[C@H](O)[C@H]2C(=O)NCCCN(C)C. The molecule has 2 fully saturated rings. The summed E-state index contributed by atoms with van der Waals surface area (Å²) in [5.41, 5.74) is 3.89. The summed E-state index contributed by atoms with van der Waals surface area (Å²) in [7, 11) is 3.79. The van der Waals surface area contributed by atoms with E-state index >= 15 is 0 Å². The summed E-state index contributed by atoms with van der Waals surface area (Å²) in [4.78, 5) is 28.5. The maximum absolute atomic E-state index is 13.8. The van der Waals surface area contributed by atoms with Gasteiger partial charge in [0.1, 0.15) is 18.2 Å². The fraction of sp³-hybridized carbons (Fsp3) is 0.692. The lowest BCUT2D eigenvalue weighted by Crippen LogP contribution is -2.78. The normalized spacial score (nSPS) is 42.7. The Morgan fingerprint density at radius 1 is 0.718 bits per heavy atom. The fourth-order valence-electron chi connectivity index (χ4n) is 8.77. The molecule has 1 amide bonds. The van der Waals surface area contributed by atoms with Gasteiger partial charge in [0.05, 0.1) is 73.4 Å². The summed E-state index contributed by atoms with van der Waals surface area (Å²) in [5, 5.41) is 113. The molecule has 3 rings (SSSR count). The monoisotopic (exact) mass is 1010 g/mol. The number of fused-ring (bicyclic) bond motifs is 2. The Kier molecular flexibility index (Phi) is 27.3. The minimum atomic E-state index is -2.25. The van der Waals surface area contributed by atoms with Crippen molar-refractivity contribution in [1.29, 1.82) is 0 Å². The van der Waals surface area contributed by atoms with E-state index in [1.54, 1.807) is 63.3 Å². The van der Waals surface area contributed by atoms with Crippen LogP contribution in [0.25, 0.3) is 0 Å². The Morgan fingerprint density at radius 2 is 1.31 bits per heavy atom. The van der Waals surface area contributed by atoms with Gasteiger partial charge >= 0.3 is 5.97 Å². The van der Waals surface area contributed by atoms with Crippen LogP contribution in [-0.4, -0.2) is 192 Å². The molecule has 14 N–H and O–H groups in total. The van der Waals surface area contributed by atoms with Gasteiger partial charge in [-0.3, -0.25) is 9.59 Å². The second kappa shape index (κ2) is 31.3. The fourth-order valence-corrected chi connectivity index (χ4v) is 8.77. The van der Waals surface area contributed by atoms with E-state index in [1.807, 2.05) is 68.5 Å². The van der Waals surface area contributed by atoms with Crippen LogP contribution in [0.1, 0.15) is 85.5 Å². The van der Waals surface area contributed by atoms with Crippen molar-refractivity contribution in [3.05, 3.63) is 85.1 Å². The molecular weight excluding hydrogens is 923 g/mol. The molecule has 0 aromatic rings. The average molecular weight is 1010 g/mol. The first kappa shape index (κ1) is 61.8. The first-order valence-corrected chi connectivity index (χ1v) is 25.0. The Labute approximate surface area is 419 Å². The van der Waals surface area contributed by atoms with Crippen molar-refractivity contribution in [2.75, 3.05) is 27.2 Å². The summed E-state index contributed by atoms with van der Waals surface area (Å²) >= 11 is 0. The van der Waals surface area contributed by atoms with Crippen molar-refractivity contribution in [3.63, 3.8) is 0 Å². The Balaban J connectivity index is 1.93. The van der Waals surface area contributed by atoms with Gasteiger partial charge in [-0.05, 0) is 60.2 Å². The molecule has 19 heteroatoms. The second-order valence-electron chi connectivity index (χ2n) is 19.8. The lowest BCUT2D eigenvalue weighted by molar-refractivity contribution is -0.488. The van der Waals surface area contributed by atoms with Crippen molar-refractivity contribution < 1.29 is 85.3 Å². The minimum absolute atomic E-state index is 0.0878. The zero-order valence-corrected chi connectivity index (χ0v) is 42.3. The molecule has 19 atom stereocenters. The largest absolute Gasteiger partial charge is 0.462 e. The molecule has 19 nitrogen and oxygen atoms in total. The van der Waals surface area contributed by atoms with Crippen LogP contribution in [0.4, 0.5) is 0 Å². The van der Waals surface area contributed by atoms with E-state index in [9.17, 15) is 60.7 Å². The smallest absolute Gasteiger partial charge is 0.308 e. The maximum atomic E-state index is 13.8. The van der Waals surface area contributed by atoms with Crippen LogP contribution < -0.4 is 11.1 Å². The molecule has 0 unspecified atom stereocenters. The molecule has 3 aliphatic heterocycles. The van der Waals surface area contributed by atoms with Crippen LogP contribution in [0, 0.1) is 17.8 Å². The van der Waals surface area contributed by atoms with E-state index in [4.69, 9.17) is 18.9 Å². The van der Waals surface area contributed by atoms with Gasteiger partial charge in [0.15, 0.2) is 18.2 Å². The number of hydrogen-bond donors (Lipinski definition) is 12. The van der Waals surface area contributed by atoms with E-state index < -0.39 is 147 Å². The van der Waals surface area contributed by atoms with E-state index in [1.165, 1.54) is 0 Å². The number of aliphatic hydroxyl groups is 10. The van der Waals surface area contributed by atoms with E-state index in [-0.39, 0.29) is 38.1 Å². The van der Waals surface area contributed by atoms with Crippen LogP contribution in [0.3, 0.4) is 0 Å². The highest BCUT2D eigenvalue weighted by Crippen LogP contribution is 2.38. The van der Waals surface area contributed by atoms with Gasteiger partial charge in [0.2, 0.25) is 5.91 Å². The number of nitrogens with zero attached hydrogens (tertiary/aromatic N) is 1. The highest BCUT2D eigenvalue weighted by molar-refractivity contribution is 5.80. The molecule has 2 saturated heterocycles. The Morgan fingerprint density at radius 3 is 1.92 bits per heavy atom. The number of ether oxygens (including phenoxy) is 4. The highest BCUT2D eigenvalue weighted by atomic mass is 16.7. The Bertz CT molecular complexity index is 1790. The predicted molar refractivity (Wildman–Crippen MR) is 264 cm³/mol. The molecular formula is C52H86N3O16+. The van der Waals surface area contributed by atoms with Crippen LogP contribution in [0.5, 0.6) is 0 Å². The van der Waals surface area contributed by atoms with E-state index in [0.717, 1.165) is 0 Å². The third-order valence-electron chi connectivity index (χ3n) is 13.2. The standard InChI is InChI=1S/C52H85N3O16/c1-32-20-17-15-13-11-9-7-8-10-12-14-16-18-21-39(70-51-49(65)46(53)48(64)35(4)69-51)29-43-45(50(66)54-24-19-25-55(5)6)42(61)31-52(67,71-43)30-38(58)27-41(60)40(59)23-22-36(56)26-37(57)28-44(62)68-34(3)33(2)47(32)63/h7-18,20-21,32-43,45-49,51,56-61,63-65,67H,19,22-31,53H2,1-6H3,(H,54,66)/p+1/b8-7-,11-9-,12-10-,15-13-,16-14-,20-17-,21-18-/t32-,33-,34-,35+,36+,37+,38-,39-,40+,41+,42-,43-,45+,46-,47+,48+,49-,51-,52+/m0/s1. The molecule has 3 aliphatic rings. The maximum Gasteiger partial charge on any atom is 0.308 e. The molecule has 0 spiro atoms.